The van der Waals surface area contributed by atoms with Crippen molar-refractivity contribution in [3.63, 3.8) is 0 Å². The Labute approximate surface area is 496 Å². The maximum Gasteiger partial charge on any atom is 0.126 e. The molecule has 6 aromatic carbocycles. The summed E-state index contributed by atoms with van der Waals surface area (Å²) in [6.07, 6.45) is 7.15. The van der Waals surface area contributed by atoms with E-state index in [9.17, 15) is 0 Å². The maximum atomic E-state index is 6.97. The largest absolute Gasteiger partial charge is 0.496 e. The molecular formula is C76H100O6. The van der Waals surface area contributed by atoms with Gasteiger partial charge in [0, 0.05) is 38.5 Å². The highest BCUT2D eigenvalue weighted by Gasteiger charge is 2.31. The molecular weight excluding hydrogens is 1010 g/mol. The molecule has 6 nitrogen and oxygen atoms in total. The van der Waals surface area contributed by atoms with Gasteiger partial charge in [0.15, 0.2) is 0 Å². The molecule has 1 aliphatic rings. The van der Waals surface area contributed by atoms with Crippen molar-refractivity contribution in [2.45, 2.75) is 196 Å². The lowest BCUT2D eigenvalue weighted by atomic mass is 9.79. The van der Waals surface area contributed by atoms with Crippen LogP contribution < -0.4 is 28.4 Å². The molecule has 0 N–H and O–H groups in total. The summed E-state index contributed by atoms with van der Waals surface area (Å²) < 4.78 is 40.7. The minimum Gasteiger partial charge on any atom is -0.496 e. The number of fused-ring (bicyclic) bond motifs is 12. The van der Waals surface area contributed by atoms with E-state index in [0.717, 1.165) is 101 Å². The summed E-state index contributed by atoms with van der Waals surface area (Å²) in [5.74, 6) is 5.18. The van der Waals surface area contributed by atoms with E-state index in [4.69, 9.17) is 28.4 Å². The third kappa shape index (κ3) is 14.1. The summed E-state index contributed by atoms with van der Waals surface area (Å²) in [5, 5.41) is 0. The molecule has 82 heavy (non-hydrogen) atoms. The summed E-state index contributed by atoms with van der Waals surface area (Å²) in [7, 11) is 7.28. The minimum absolute atomic E-state index is 0.176. The highest BCUT2D eigenvalue weighted by molar-refractivity contribution is 5.61. The van der Waals surface area contributed by atoms with Gasteiger partial charge in [-0.1, -0.05) is 223 Å². The molecule has 1 aliphatic carbocycles. The number of rotatable bonds is 10. The van der Waals surface area contributed by atoms with Crippen LogP contribution in [0.4, 0.5) is 0 Å². The normalized spacial score (nSPS) is 13.6. The van der Waals surface area contributed by atoms with Crippen LogP contribution in [0.15, 0.2) is 98.1 Å². The Hall–Kier alpha value is -6.40. The molecule has 0 amide bonds. The van der Waals surface area contributed by atoms with Gasteiger partial charge in [-0.3, -0.25) is 0 Å². The van der Waals surface area contributed by atoms with E-state index in [-0.39, 0.29) is 32.5 Å². The fourth-order valence-corrected chi connectivity index (χ4v) is 11.6. The fourth-order valence-electron chi connectivity index (χ4n) is 11.6. The standard InChI is InChI=1S/C76H100O6/c1-25-27-81-69-55-31-51-39-59(71(3,4)5)35-47(65(51)77-21)29-49-37-61(73(9,10)11)41-53(67(49)79-23)33-57-45-64(76(18,19)20)46-58(70(57)82-28-26-2)34-54-42-62(74(12,13)14)38-50(68(54)80-24)30-48-36-60(72(6,7)8)40-52(66(48)78-22)32-56(69)44-63(43-55)75(15,16)17/h25-26,35-46H,1-2,27-34H2,3-24H3. The summed E-state index contributed by atoms with van der Waals surface area (Å²) in [6, 6.07) is 28.4. The van der Waals surface area contributed by atoms with E-state index in [2.05, 4.69) is 211 Å². The van der Waals surface area contributed by atoms with Crippen molar-refractivity contribution in [3.8, 4) is 34.5 Å². The molecule has 6 heteroatoms. The van der Waals surface area contributed by atoms with Crippen molar-refractivity contribution in [3.05, 3.63) is 198 Å². The van der Waals surface area contributed by atoms with E-state index in [1.165, 1.54) is 33.4 Å². The van der Waals surface area contributed by atoms with Crippen molar-refractivity contribution < 1.29 is 28.4 Å². The number of benzene rings is 6. The van der Waals surface area contributed by atoms with Gasteiger partial charge < -0.3 is 28.4 Å². The summed E-state index contributed by atoms with van der Waals surface area (Å²) in [4.78, 5) is 0. The monoisotopic (exact) mass is 1110 g/mol. The topological polar surface area (TPSA) is 55.4 Å². The predicted molar refractivity (Wildman–Crippen MR) is 345 cm³/mol. The lowest BCUT2D eigenvalue weighted by Gasteiger charge is -2.28. The SMILES string of the molecule is C=CCOc1c2cc(C(C)(C)C)cc1Cc1cc(C(C)(C)C)cc(c1OC)Cc1cc(C(C)(C)C)cc(c1OC)Cc1cc(C(C)(C)C)cc(c1OCC=C)Cc1cc(C(C)(C)C)cc(c1OC)Cc1cc(C(C)(C)C)cc(c1OC)C2. The molecule has 0 saturated carbocycles. The van der Waals surface area contributed by atoms with Gasteiger partial charge in [-0.05, 0) is 133 Å². The summed E-state index contributed by atoms with van der Waals surface area (Å²) >= 11 is 0. The van der Waals surface area contributed by atoms with E-state index >= 15 is 0 Å². The smallest absolute Gasteiger partial charge is 0.126 e. The molecule has 0 heterocycles. The molecule has 6 aromatic rings. The number of methoxy groups -OCH3 is 4. The van der Waals surface area contributed by atoms with E-state index < -0.39 is 0 Å². The third-order valence-corrected chi connectivity index (χ3v) is 16.4. The van der Waals surface area contributed by atoms with Crippen molar-refractivity contribution in [1.82, 2.24) is 0 Å². The Bertz CT molecular complexity index is 2910. The molecule has 440 valence electrons. The van der Waals surface area contributed by atoms with Crippen molar-refractivity contribution >= 4 is 0 Å². The zero-order chi connectivity index (χ0) is 60.7. The molecule has 7 rings (SSSR count). The molecule has 0 spiro atoms. The van der Waals surface area contributed by atoms with E-state index in [1.807, 2.05) is 40.6 Å². The molecule has 0 fully saturated rings. The molecule has 0 unspecified atom stereocenters. The van der Waals surface area contributed by atoms with Crippen LogP contribution in [0.1, 0.15) is 225 Å². The second-order valence-electron chi connectivity index (χ2n) is 29.3. The Kier molecular flexibility index (Phi) is 18.5. The van der Waals surface area contributed by atoms with Gasteiger partial charge in [-0.25, -0.2) is 0 Å². The Morgan fingerprint density at radius 2 is 0.402 bits per heavy atom. The van der Waals surface area contributed by atoms with Crippen LogP contribution in [0.25, 0.3) is 0 Å². The highest BCUT2D eigenvalue weighted by atomic mass is 16.5. The lowest BCUT2D eigenvalue weighted by molar-refractivity contribution is 0.355. The van der Waals surface area contributed by atoms with Gasteiger partial charge in [0.2, 0.25) is 0 Å². The quantitative estimate of drug-likeness (QED) is 0.127. The Morgan fingerprint density at radius 3 is 0.512 bits per heavy atom. The van der Waals surface area contributed by atoms with Crippen LogP contribution in [-0.2, 0) is 71.0 Å². The van der Waals surface area contributed by atoms with Crippen LogP contribution in [0, 0.1) is 0 Å². The molecule has 0 aliphatic heterocycles. The first-order chi connectivity index (χ1) is 38.1. The molecule has 0 radical (unpaired) electrons. The average molecular weight is 1110 g/mol. The van der Waals surface area contributed by atoms with E-state index in [0.29, 0.717) is 51.7 Å². The summed E-state index contributed by atoms with van der Waals surface area (Å²) in [5.41, 5.74) is 19.5. The van der Waals surface area contributed by atoms with Gasteiger partial charge in [-0.15, -0.1) is 0 Å². The molecule has 0 saturated heterocycles. The van der Waals surface area contributed by atoms with Gasteiger partial charge >= 0.3 is 0 Å². The zero-order valence-corrected chi connectivity index (χ0v) is 54.6. The first-order valence-corrected chi connectivity index (χ1v) is 29.7. The van der Waals surface area contributed by atoms with Crippen LogP contribution >= 0.6 is 0 Å². The number of ether oxygens (including phenoxy) is 6. The second kappa shape index (κ2) is 24.1. The van der Waals surface area contributed by atoms with Gasteiger partial charge in [0.25, 0.3) is 0 Å². The average Bonchev–Trinajstić information content (AvgIpc) is 3.55. The Balaban J connectivity index is 1.69. The van der Waals surface area contributed by atoms with Crippen LogP contribution in [-0.4, -0.2) is 41.7 Å². The lowest BCUT2D eigenvalue weighted by Crippen LogP contribution is -2.17. The first-order valence-electron chi connectivity index (χ1n) is 29.7. The Morgan fingerprint density at radius 1 is 0.268 bits per heavy atom. The minimum atomic E-state index is -0.181. The number of hydrogen-bond acceptors (Lipinski definition) is 6. The molecule has 12 bridgehead atoms. The van der Waals surface area contributed by atoms with Crippen molar-refractivity contribution in [1.29, 1.82) is 0 Å². The molecule has 0 aromatic heterocycles. The van der Waals surface area contributed by atoms with Crippen molar-refractivity contribution in [2.24, 2.45) is 0 Å². The van der Waals surface area contributed by atoms with Gasteiger partial charge in [-0.2, -0.15) is 0 Å². The van der Waals surface area contributed by atoms with Crippen LogP contribution in [0.2, 0.25) is 0 Å². The predicted octanol–water partition coefficient (Wildman–Crippen LogP) is 18.5. The van der Waals surface area contributed by atoms with E-state index in [1.54, 1.807) is 0 Å². The third-order valence-electron chi connectivity index (χ3n) is 16.4. The summed E-state index contributed by atoms with van der Waals surface area (Å²) in [6.45, 7) is 50.4. The second-order valence-corrected chi connectivity index (χ2v) is 29.3. The number of hydrogen-bond donors (Lipinski definition) is 0. The van der Waals surface area contributed by atoms with Gasteiger partial charge in [0.1, 0.15) is 47.7 Å². The van der Waals surface area contributed by atoms with Crippen LogP contribution in [0.3, 0.4) is 0 Å². The van der Waals surface area contributed by atoms with Gasteiger partial charge in [0.05, 0.1) is 28.4 Å². The zero-order valence-electron chi connectivity index (χ0n) is 54.6. The maximum absolute atomic E-state index is 6.97. The first kappa shape index (κ1) is 63.2. The van der Waals surface area contributed by atoms with Crippen molar-refractivity contribution in [2.75, 3.05) is 41.7 Å². The molecule has 0 atom stereocenters. The fraction of sp³-hybridized carbons (Fsp3) is 0.474. The highest BCUT2D eigenvalue weighted by Crippen LogP contribution is 2.46. The van der Waals surface area contributed by atoms with Crippen LogP contribution in [0.5, 0.6) is 34.5 Å².